The van der Waals surface area contributed by atoms with Gasteiger partial charge in [-0.3, -0.25) is 4.90 Å². The van der Waals surface area contributed by atoms with Crippen molar-refractivity contribution in [3.05, 3.63) is 48.0 Å². The summed E-state index contributed by atoms with van der Waals surface area (Å²) in [6, 6.07) is 9.99. The van der Waals surface area contributed by atoms with Crippen LogP contribution in [0.5, 0.6) is 0 Å². The summed E-state index contributed by atoms with van der Waals surface area (Å²) in [4.78, 5) is 15.7. The second-order valence-corrected chi connectivity index (χ2v) is 12.5. The Kier molecular flexibility index (Phi) is 3.03. The Morgan fingerprint density at radius 2 is 1.94 bits per heavy atom. The van der Waals surface area contributed by atoms with E-state index in [4.69, 9.17) is 4.74 Å². The second-order valence-electron chi connectivity index (χ2n) is 12.5. The molecule has 9 fully saturated rings. The van der Waals surface area contributed by atoms with Crippen LogP contribution in [0.15, 0.2) is 42.5 Å². The van der Waals surface area contributed by atoms with Gasteiger partial charge in [0.15, 0.2) is 0 Å². The highest BCUT2D eigenvalue weighted by molar-refractivity contribution is 5.89. The molecule has 5 nitrogen and oxygen atoms in total. The van der Waals surface area contributed by atoms with Crippen molar-refractivity contribution in [3.8, 4) is 0 Å². The molecule has 6 saturated carbocycles. The highest BCUT2D eigenvalue weighted by atomic mass is 16.5. The first-order chi connectivity index (χ1) is 15.3. The van der Waals surface area contributed by atoms with Gasteiger partial charge >= 0.3 is 5.97 Å². The fourth-order valence-corrected chi connectivity index (χ4v) is 11.4. The molecule has 2 N–H and O–H groups in total. The van der Waals surface area contributed by atoms with Crippen molar-refractivity contribution in [2.24, 2.45) is 34.0 Å². The zero-order valence-electron chi connectivity index (χ0n) is 18.5. The van der Waals surface area contributed by atoms with Crippen LogP contribution in [0.3, 0.4) is 0 Å². The lowest BCUT2D eigenvalue weighted by Gasteiger charge is -2.69. The van der Waals surface area contributed by atoms with Gasteiger partial charge in [-0.15, -0.1) is 0 Å². The van der Waals surface area contributed by atoms with Crippen LogP contribution >= 0.6 is 0 Å². The molecular formula is C27H31NO4. The number of nitrogens with zero attached hydrogens (tertiary/aromatic N) is 1. The van der Waals surface area contributed by atoms with Gasteiger partial charge in [-0.05, 0) is 73.0 Å². The van der Waals surface area contributed by atoms with Gasteiger partial charge in [0.25, 0.3) is 0 Å². The average Bonchev–Trinajstić information content (AvgIpc) is 3.16. The third-order valence-electron chi connectivity index (χ3n) is 11.7. The molecule has 6 aliphatic carbocycles. The van der Waals surface area contributed by atoms with Gasteiger partial charge in [-0.2, -0.15) is 0 Å². The maximum Gasteiger partial charge on any atom is 0.338 e. The summed E-state index contributed by atoms with van der Waals surface area (Å²) >= 11 is 0. The van der Waals surface area contributed by atoms with Crippen molar-refractivity contribution in [2.45, 2.75) is 68.9 Å². The first-order valence-electron chi connectivity index (χ1n) is 12.4. The molecule has 0 radical (unpaired) electrons. The molecule has 3 saturated heterocycles. The number of aliphatic hydroxyl groups is 2. The molecule has 168 valence electrons. The summed E-state index contributed by atoms with van der Waals surface area (Å²) in [5.74, 6) is 0.691. The Bertz CT molecular complexity index is 1090. The minimum absolute atomic E-state index is 0.0388. The van der Waals surface area contributed by atoms with Gasteiger partial charge in [0.05, 0.1) is 17.3 Å². The van der Waals surface area contributed by atoms with Crippen LogP contribution in [0.1, 0.15) is 49.4 Å². The number of ether oxygens (including phenoxy) is 1. The van der Waals surface area contributed by atoms with E-state index >= 15 is 0 Å². The number of aliphatic hydroxyl groups excluding tert-OH is 1. The topological polar surface area (TPSA) is 70.0 Å². The number of hydrogen-bond donors (Lipinski definition) is 2. The van der Waals surface area contributed by atoms with Crippen molar-refractivity contribution < 1.29 is 19.7 Å². The minimum atomic E-state index is -0.895. The molecule has 32 heavy (non-hydrogen) atoms. The molecule has 1 aromatic carbocycles. The molecule has 0 aromatic heterocycles. The first-order valence-corrected chi connectivity index (χ1v) is 12.4. The largest absolute Gasteiger partial charge is 0.459 e. The zero-order chi connectivity index (χ0) is 21.8. The van der Waals surface area contributed by atoms with Crippen molar-refractivity contribution >= 4 is 5.97 Å². The van der Waals surface area contributed by atoms with E-state index in [0.717, 1.165) is 44.2 Å². The Labute approximate surface area is 188 Å². The minimum Gasteiger partial charge on any atom is -0.459 e. The quantitative estimate of drug-likeness (QED) is 0.555. The zero-order valence-corrected chi connectivity index (χ0v) is 18.5. The van der Waals surface area contributed by atoms with Crippen LogP contribution in [0.2, 0.25) is 0 Å². The Morgan fingerprint density at radius 3 is 2.72 bits per heavy atom. The van der Waals surface area contributed by atoms with Crippen molar-refractivity contribution in [2.75, 3.05) is 6.54 Å². The predicted octanol–water partition coefficient (Wildman–Crippen LogP) is 2.77. The second kappa shape index (κ2) is 5.18. The van der Waals surface area contributed by atoms with Crippen LogP contribution in [-0.2, 0) is 4.74 Å². The monoisotopic (exact) mass is 433 g/mol. The number of fused-ring (bicyclic) bond motifs is 1. The normalized spacial score (nSPS) is 59.7. The summed E-state index contributed by atoms with van der Waals surface area (Å²) in [7, 11) is 0. The van der Waals surface area contributed by atoms with Gasteiger partial charge in [0.2, 0.25) is 0 Å². The van der Waals surface area contributed by atoms with Crippen LogP contribution in [0, 0.1) is 34.0 Å². The number of carbonyl (C=O) groups excluding carboxylic acids is 1. The molecule has 3 heterocycles. The predicted molar refractivity (Wildman–Crippen MR) is 117 cm³/mol. The molecule has 5 heteroatoms. The highest BCUT2D eigenvalue weighted by Gasteiger charge is 2.93. The van der Waals surface area contributed by atoms with E-state index in [-0.39, 0.29) is 28.8 Å². The summed E-state index contributed by atoms with van der Waals surface area (Å²) in [5, 5.41) is 24.2. The number of rotatable bonds is 2. The molecule has 0 amide bonds. The van der Waals surface area contributed by atoms with Gasteiger partial charge in [-0.25, -0.2) is 4.79 Å². The van der Waals surface area contributed by atoms with Crippen molar-refractivity contribution in [1.82, 2.24) is 4.90 Å². The third-order valence-corrected chi connectivity index (χ3v) is 11.7. The molecule has 9 bridgehead atoms. The van der Waals surface area contributed by atoms with E-state index in [9.17, 15) is 15.0 Å². The fraction of sp³-hybridized carbons (Fsp3) is 0.667. The summed E-state index contributed by atoms with van der Waals surface area (Å²) in [6.07, 6.45) is 3.47. The fourth-order valence-electron chi connectivity index (χ4n) is 11.4. The number of piperidine rings is 2. The smallest absolute Gasteiger partial charge is 0.338 e. The summed E-state index contributed by atoms with van der Waals surface area (Å²) in [5.41, 5.74) is -0.0590. The van der Waals surface area contributed by atoms with Gasteiger partial charge < -0.3 is 14.9 Å². The van der Waals surface area contributed by atoms with E-state index in [2.05, 4.69) is 18.4 Å². The number of benzene rings is 1. The van der Waals surface area contributed by atoms with Gasteiger partial charge in [-0.1, -0.05) is 31.7 Å². The molecule has 10 rings (SSSR count). The standard InChI is InChI=1S/C27H31NO4/c1-14-16-8-18-21-26-11-17(32-23(30)15-6-4-3-5-7-15)10-24(2)13-28(21)19(20(24)26)12-25(18,22(14)29)27(26,31)9-16/h3-7,16-22,29,31H,1,8-13H2,2H3/t16-,17-,18?,19-,20+,21?,22+,24-,25-,26+,27-/m0/s1. The Morgan fingerprint density at radius 1 is 1.16 bits per heavy atom. The number of carbonyl (C=O) groups is 1. The highest BCUT2D eigenvalue weighted by Crippen LogP contribution is 2.88. The van der Waals surface area contributed by atoms with Gasteiger partial charge in [0, 0.05) is 29.5 Å². The summed E-state index contributed by atoms with van der Waals surface area (Å²) < 4.78 is 6.17. The lowest BCUT2D eigenvalue weighted by atomic mass is 9.38. The SMILES string of the molecule is C=C1[C@H]2CC3C4N5C[C@]6(C)C[C@H](OC(=O)c7ccccc7)C[C@@]47[C@@H]6[C@@H]5C[C@]3([C@@H]1O)[C@@]7(O)C2. The average molecular weight is 434 g/mol. The third kappa shape index (κ3) is 1.59. The molecular weight excluding hydrogens is 402 g/mol. The molecule has 12 atom stereocenters. The molecule has 9 aliphatic rings. The van der Waals surface area contributed by atoms with E-state index in [1.807, 2.05) is 30.3 Å². The van der Waals surface area contributed by atoms with Crippen LogP contribution in [0.4, 0.5) is 0 Å². The molecule has 3 aliphatic heterocycles. The van der Waals surface area contributed by atoms with Crippen LogP contribution < -0.4 is 0 Å². The lowest BCUT2D eigenvalue weighted by Crippen LogP contribution is -2.74. The number of esters is 1. The van der Waals surface area contributed by atoms with Crippen molar-refractivity contribution in [1.29, 1.82) is 0 Å². The van der Waals surface area contributed by atoms with E-state index in [1.165, 1.54) is 0 Å². The van der Waals surface area contributed by atoms with E-state index in [1.54, 1.807) is 0 Å². The van der Waals surface area contributed by atoms with Gasteiger partial charge in [0.1, 0.15) is 6.10 Å². The maximum absolute atomic E-state index is 13.0. The molecule has 3 unspecified atom stereocenters. The number of hydrogen-bond acceptors (Lipinski definition) is 5. The van der Waals surface area contributed by atoms with Crippen LogP contribution in [-0.4, -0.2) is 57.5 Å². The van der Waals surface area contributed by atoms with E-state index in [0.29, 0.717) is 29.5 Å². The van der Waals surface area contributed by atoms with E-state index < -0.39 is 17.1 Å². The summed E-state index contributed by atoms with van der Waals surface area (Å²) in [6.45, 7) is 7.67. The first kappa shape index (κ1) is 18.7. The molecule has 1 aromatic rings. The Hall–Kier alpha value is -1.69. The Balaban J connectivity index is 1.25. The van der Waals surface area contributed by atoms with Crippen molar-refractivity contribution in [3.63, 3.8) is 0 Å². The molecule has 2 spiro atoms. The van der Waals surface area contributed by atoms with Crippen LogP contribution in [0.25, 0.3) is 0 Å². The lowest BCUT2D eigenvalue weighted by molar-refractivity contribution is -0.276. The maximum atomic E-state index is 13.0.